The molecule has 0 aliphatic heterocycles. The van der Waals surface area contributed by atoms with Crippen molar-refractivity contribution in [2.75, 3.05) is 17.7 Å². The number of nitrogens with two attached hydrogens (primary N) is 1. The van der Waals surface area contributed by atoms with Crippen LogP contribution in [0.2, 0.25) is 5.02 Å². The molecule has 4 rings (SSSR count). The predicted octanol–water partition coefficient (Wildman–Crippen LogP) is 6.32. The topological polar surface area (TPSA) is 116 Å². The molecule has 3 amide bonds. The van der Waals surface area contributed by atoms with Gasteiger partial charge >= 0.3 is 6.03 Å². The molecule has 196 valence electrons. The summed E-state index contributed by atoms with van der Waals surface area (Å²) in [5.41, 5.74) is 7.00. The maximum absolute atomic E-state index is 12.2. The predicted molar refractivity (Wildman–Crippen MR) is 149 cm³/mol. The number of thiol groups is 1. The van der Waals surface area contributed by atoms with Gasteiger partial charge in [0.2, 0.25) is 0 Å². The molecule has 3 aromatic rings. The Morgan fingerprint density at radius 2 is 1.84 bits per heavy atom. The molecule has 10 heteroatoms. The van der Waals surface area contributed by atoms with Crippen LogP contribution >= 0.6 is 24.2 Å². The highest BCUT2D eigenvalue weighted by Crippen LogP contribution is 2.35. The molecule has 1 fully saturated rings. The van der Waals surface area contributed by atoms with Gasteiger partial charge in [-0.05, 0) is 55.7 Å². The Morgan fingerprint density at radius 1 is 1.05 bits per heavy atom. The van der Waals surface area contributed by atoms with Crippen molar-refractivity contribution in [2.45, 2.75) is 51.0 Å². The summed E-state index contributed by atoms with van der Waals surface area (Å²) >= 11 is 10.6. The Labute approximate surface area is 226 Å². The van der Waals surface area contributed by atoms with Crippen molar-refractivity contribution in [3.05, 3.63) is 53.2 Å². The monoisotopic (exact) mass is 542 g/mol. The van der Waals surface area contributed by atoms with E-state index in [0.717, 1.165) is 50.7 Å². The minimum atomic E-state index is -0.594. The number of halogens is 1. The molecule has 2 aromatic carbocycles. The summed E-state index contributed by atoms with van der Waals surface area (Å²) < 4.78 is 12.0. The third-order valence-electron chi connectivity index (χ3n) is 5.96. The first-order valence-electron chi connectivity index (χ1n) is 12.5. The number of benzene rings is 2. The Morgan fingerprint density at radius 3 is 2.57 bits per heavy atom. The summed E-state index contributed by atoms with van der Waals surface area (Å²) in [5.74, 6) is 1.66. The second-order valence-electron chi connectivity index (χ2n) is 9.00. The van der Waals surface area contributed by atoms with Crippen LogP contribution in [-0.2, 0) is 0 Å². The zero-order valence-corrected chi connectivity index (χ0v) is 22.1. The van der Waals surface area contributed by atoms with Crippen LogP contribution in [0, 0.1) is 0 Å². The van der Waals surface area contributed by atoms with E-state index in [4.69, 9.17) is 26.8 Å². The lowest BCUT2D eigenvalue weighted by atomic mass is 10.1. The minimum absolute atomic E-state index is 0.241. The van der Waals surface area contributed by atoms with Gasteiger partial charge in [0.1, 0.15) is 17.2 Å². The quantitative estimate of drug-likeness (QED) is 0.149. The number of nitrogens with zero attached hydrogens (tertiary/aromatic N) is 1. The lowest BCUT2D eigenvalue weighted by Crippen LogP contribution is -2.30. The van der Waals surface area contributed by atoms with Crippen LogP contribution in [0.3, 0.4) is 0 Å². The Bertz CT molecular complexity index is 1270. The van der Waals surface area contributed by atoms with Gasteiger partial charge in [-0.1, -0.05) is 30.9 Å². The number of primary amides is 1. The normalized spacial score (nSPS) is 12.8. The van der Waals surface area contributed by atoms with Crippen LogP contribution in [0.5, 0.6) is 17.2 Å². The summed E-state index contributed by atoms with van der Waals surface area (Å²) in [6.07, 6.45) is 8.93. The van der Waals surface area contributed by atoms with Crippen LogP contribution in [0.4, 0.5) is 10.5 Å². The van der Waals surface area contributed by atoms with Crippen molar-refractivity contribution in [1.29, 1.82) is 0 Å². The van der Waals surface area contributed by atoms with Gasteiger partial charge in [-0.25, -0.2) is 4.79 Å². The molecule has 1 saturated carbocycles. The van der Waals surface area contributed by atoms with Crippen LogP contribution in [0.1, 0.15) is 55.3 Å². The van der Waals surface area contributed by atoms with E-state index in [-0.39, 0.29) is 17.6 Å². The summed E-state index contributed by atoms with van der Waals surface area (Å²) in [4.78, 5) is 28.6. The fourth-order valence-corrected chi connectivity index (χ4v) is 4.28. The maximum Gasteiger partial charge on any atom is 0.319 e. The SMILES string of the molecule is NC(=O)c1cc2c(Oc3ccc(NC(=O)NC4CC4)c(Cl)c3)ccnc2cc1OCCCCCCCS. The van der Waals surface area contributed by atoms with Crippen molar-refractivity contribution in [1.82, 2.24) is 10.3 Å². The molecule has 0 spiro atoms. The fraction of sp³-hybridized carbons (Fsp3) is 0.370. The highest BCUT2D eigenvalue weighted by molar-refractivity contribution is 7.80. The first-order valence-corrected chi connectivity index (χ1v) is 13.5. The Hall–Kier alpha value is -3.17. The Balaban J connectivity index is 1.47. The summed E-state index contributed by atoms with van der Waals surface area (Å²) in [6.45, 7) is 0.487. The molecule has 0 radical (unpaired) electrons. The number of fused-ring (bicyclic) bond motifs is 1. The molecule has 1 aromatic heterocycles. The number of amides is 3. The van der Waals surface area contributed by atoms with Gasteiger partial charge in [0.05, 0.1) is 28.4 Å². The molecular weight excluding hydrogens is 512 g/mol. The highest BCUT2D eigenvalue weighted by atomic mass is 35.5. The third-order valence-corrected chi connectivity index (χ3v) is 6.59. The van der Waals surface area contributed by atoms with Crippen molar-refractivity contribution < 1.29 is 19.1 Å². The molecule has 1 aliphatic carbocycles. The number of pyridine rings is 1. The molecule has 1 heterocycles. The summed E-state index contributed by atoms with van der Waals surface area (Å²) in [5, 5.41) is 6.54. The molecule has 8 nitrogen and oxygen atoms in total. The van der Waals surface area contributed by atoms with Gasteiger partial charge in [0.15, 0.2) is 0 Å². The zero-order chi connectivity index (χ0) is 26.2. The van der Waals surface area contributed by atoms with Crippen molar-refractivity contribution >= 4 is 52.8 Å². The van der Waals surface area contributed by atoms with Crippen molar-refractivity contribution in [2.24, 2.45) is 5.73 Å². The molecule has 1 aliphatic rings. The van der Waals surface area contributed by atoms with Crippen molar-refractivity contribution in [3.63, 3.8) is 0 Å². The smallest absolute Gasteiger partial charge is 0.319 e. The molecular formula is C27H31ClN4O4S. The van der Waals surface area contributed by atoms with E-state index in [9.17, 15) is 9.59 Å². The highest BCUT2D eigenvalue weighted by Gasteiger charge is 2.23. The maximum atomic E-state index is 12.2. The Kier molecular flexibility index (Phi) is 9.35. The molecule has 37 heavy (non-hydrogen) atoms. The van der Waals surface area contributed by atoms with Crippen LogP contribution in [0.25, 0.3) is 10.9 Å². The average Bonchev–Trinajstić information content (AvgIpc) is 3.68. The third kappa shape index (κ3) is 7.66. The number of aromatic nitrogens is 1. The van der Waals surface area contributed by atoms with E-state index in [1.807, 2.05) is 0 Å². The largest absolute Gasteiger partial charge is 0.493 e. The first-order chi connectivity index (χ1) is 17.9. The number of rotatable bonds is 13. The van der Waals surface area contributed by atoms with Crippen molar-refractivity contribution in [3.8, 4) is 17.2 Å². The standard InChI is InChI=1S/C27H31ClN4O4S/c28-21-14-18(8-9-22(21)32-27(34)31-17-6-7-17)36-24-10-11-30-23-16-25(20(26(29)33)15-19(23)24)35-12-4-2-1-3-5-13-37/h8-11,14-17,37H,1-7,12-13H2,(H2,29,33)(H2,31,32,34). The van der Waals surface area contributed by atoms with E-state index < -0.39 is 5.91 Å². The van der Waals surface area contributed by atoms with E-state index in [0.29, 0.717) is 45.5 Å². The number of nitrogens with one attached hydrogen (secondary N) is 2. The number of carbonyl (C=O) groups excluding carboxylic acids is 2. The summed E-state index contributed by atoms with van der Waals surface area (Å²) in [6, 6.07) is 9.99. The number of anilines is 1. The second-order valence-corrected chi connectivity index (χ2v) is 9.85. The van der Waals surface area contributed by atoms with Gasteiger partial charge in [-0.3, -0.25) is 9.78 Å². The average molecular weight is 543 g/mol. The van der Waals surface area contributed by atoms with Crippen LogP contribution in [-0.4, -0.2) is 35.3 Å². The van der Waals surface area contributed by atoms with E-state index in [1.54, 1.807) is 42.6 Å². The van der Waals surface area contributed by atoms with Gasteiger partial charge < -0.3 is 25.8 Å². The van der Waals surface area contributed by atoms with Gasteiger partial charge in [0.25, 0.3) is 5.91 Å². The number of ether oxygens (including phenoxy) is 2. The van der Waals surface area contributed by atoms with Gasteiger partial charge in [0, 0.05) is 29.8 Å². The van der Waals surface area contributed by atoms with E-state index in [2.05, 4.69) is 28.2 Å². The fourth-order valence-electron chi connectivity index (χ4n) is 3.83. The molecule has 0 saturated heterocycles. The molecule has 4 N–H and O–H groups in total. The second kappa shape index (κ2) is 12.9. The first kappa shape index (κ1) is 26.9. The number of urea groups is 1. The molecule has 0 unspecified atom stereocenters. The number of unbranched alkanes of at least 4 members (excludes halogenated alkanes) is 4. The van der Waals surface area contributed by atoms with Crippen LogP contribution < -0.4 is 25.8 Å². The lowest BCUT2D eigenvalue weighted by Gasteiger charge is -2.14. The molecule has 0 bridgehead atoms. The van der Waals surface area contributed by atoms with E-state index in [1.165, 1.54) is 0 Å². The lowest BCUT2D eigenvalue weighted by molar-refractivity contribution is 0.0996. The van der Waals surface area contributed by atoms with Gasteiger partial charge in [-0.15, -0.1) is 0 Å². The minimum Gasteiger partial charge on any atom is -0.493 e. The zero-order valence-electron chi connectivity index (χ0n) is 20.5. The number of hydrogen-bond acceptors (Lipinski definition) is 6. The summed E-state index contributed by atoms with van der Waals surface area (Å²) in [7, 11) is 0. The van der Waals surface area contributed by atoms with E-state index >= 15 is 0 Å². The molecule has 0 atom stereocenters. The number of carbonyl (C=O) groups is 2. The van der Waals surface area contributed by atoms with Crippen LogP contribution in [0.15, 0.2) is 42.6 Å². The number of hydrogen-bond donors (Lipinski definition) is 4. The van der Waals surface area contributed by atoms with Gasteiger partial charge in [-0.2, -0.15) is 12.6 Å².